The third-order valence-electron chi connectivity index (χ3n) is 3.62. The quantitative estimate of drug-likeness (QED) is 0.821. The molecule has 0 unspecified atom stereocenters. The molecule has 7 heteroatoms. The summed E-state index contributed by atoms with van der Waals surface area (Å²) in [4.78, 5) is 37.0. The lowest BCUT2D eigenvalue weighted by molar-refractivity contribution is -0.135. The Labute approximate surface area is 127 Å². The maximum Gasteiger partial charge on any atom is 0.325 e. The number of nitrogens with one attached hydrogen (secondary N) is 2. The highest BCUT2D eigenvalue weighted by molar-refractivity contribution is 6.30. The molecule has 1 aromatic rings. The van der Waals surface area contributed by atoms with Crippen LogP contribution in [0.25, 0.3) is 0 Å². The molecule has 1 aliphatic rings. The fourth-order valence-corrected chi connectivity index (χ4v) is 2.49. The lowest BCUT2D eigenvalue weighted by Gasteiger charge is -2.25. The Morgan fingerprint density at radius 3 is 2.48 bits per heavy atom. The molecule has 2 N–H and O–H groups in total. The van der Waals surface area contributed by atoms with Crippen LogP contribution in [0.2, 0.25) is 5.02 Å². The van der Waals surface area contributed by atoms with Crippen molar-refractivity contribution < 1.29 is 14.4 Å². The summed E-state index contributed by atoms with van der Waals surface area (Å²) < 4.78 is 0. The number of rotatable bonds is 4. The maximum atomic E-state index is 12.6. The average molecular weight is 310 g/mol. The minimum atomic E-state index is -1.14. The van der Waals surface area contributed by atoms with Crippen molar-refractivity contribution in [2.24, 2.45) is 0 Å². The molecule has 6 nitrogen and oxygen atoms in total. The van der Waals surface area contributed by atoms with Crippen LogP contribution in [0.5, 0.6) is 0 Å². The second-order valence-electron chi connectivity index (χ2n) is 4.76. The van der Waals surface area contributed by atoms with Gasteiger partial charge in [0.1, 0.15) is 12.1 Å². The van der Waals surface area contributed by atoms with E-state index in [0.29, 0.717) is 17.0 Å². The van der Waals surface area contributed by atoms with Crippen molar-refractivity contribution in [2.45, 2.75) is 18.9 Å². The van der Waals surface area contributed by atoms with Gasteiger partial charge in [-0.3, -0.25) is 14.5 Å². The monoisotopic (exact) mass is 309 g/mol. The second kappa shape index (κ2) is 5.73. The minimum absolute atomic E-state index is 0.295. The van der Waals surface area contributed by atoms with E-state index in [1.54, 1.807) is 31.2 Å². The first kappa shape index (κ1) is 15.3. The van der Waals surface area contributed by atoms with Gasteiger partial charge in [-0.05, 0) is 24.1 Å². The Morgan fingerprint density at radius 2 is 1.95 bits per heavy atom. The first-order chi connectivity index (χ1) is 9.94. The summed E-state index contributed by atoms with van der Waals surface area (Å²) in [6.07, 6.45) is 0.378. The van der Waals surface area contributed by atoms with Crippen molar-refractivity contribution in [3.63, 3.8) is 0 Å². The Balaban J connectivity index is 2.37. The third-order valence-corrected chi connectivity index (χ3v) is 3.88. The molecule has 0 bridgehead atoms. The molecule has 1 aromatic carbocycles. The summed E-state index contributed by atoms with van der Waals surface area (Å²) in [5.41, 5.74) is -0.498. The Morgan fingerprint density at radius 1 is 1.33 bits per heavy atom. The first-order valence-electron chi connectivity index (χ1n) is 6.55. The van der Waals surface area contributed by atoms with E-state index in [9.17, 15) is 14.4 Å². The molecule has 1 fully saturated rings. The number of carbonyl (C=O) groups excluding carboxylic acids is 3. The third kappa shape index (κ3) is 2.58. The van der Waals surface area contributed by atoms with Crippen LogP contribution in [0.4, 0.5) is 4.79 Å². The van der Waals surface area contributed by atoms with Crippen LogP contribution in [0, 0.1) is 0 Å². The van der Waals surface area contributed by atoms with Crippen LogP contribution in [-0.2, 0) is 15.1 Å². The highest BCUT2D eigenvalue weighted by atomic mass is 35.5. The van der Waals surface area contributed by atoms with Gasteiger partial charge >= 0.3 is 6.03 Å². The number of benzene rings is 1. The predicted molar refractivity (Wildman–Crippen MR) is 77.7 cm³/mol. The van der Waals surface area contributed by atoms with Gasteiger partial charge in [0.05, 0.1) is 0 Å². The molecular formula is C14H16ClN3O3. The Kier molecular flexibility index (Phi) is 4.18. The van der Waals surface area contributed by atoms with E-state index in [0.717, 1.165) is 4.90 Å². The Bertz CT molecular complexity index is 588. The molecule has 2 rings (SSSR count). The normalized spacial score (nSPS) is 21.4. The van der Waals surface area contributed by atoms with E-state index in [1.807, 2.05) is 0 Å². The highest BCUT2D eigenvalue weighted by Gasteiger charge is 2.51. The lowest BCUT2D eigenvalue weighted by Crippen LogP contribution is -2.44. The van der Waals surface area contributed by atoms with Crippen LogP contribution in [0.3, 0.4) is 0 Å². The number of amides is 4. The van der Waals surface area contributed by atoms with Crippen molar-refractivity contribution in [1.29, 1.82) is 0 Å². The minimum Gasteiger partial charge on any atom is -0.358 e. The molecule has 21 heavy (non-hydrogen) atoms. The van der Waals surface area contributed by atoms with E-state index < -0.39 is 23.4 Å². The van der Waals surface area contributed by atoms with Crippen LogP contribution in [0.15, 0.2) is 24.3 Å². The first-order valence-corrected chi connectivity index (χ1v) is 6.93. The van der Waals surface area contributed by atoms with Crippen molar-refractivity contribution >= 4 is 29.4 Å². The zero-order valence-electron chi connectivity index (χ0n) is 11.8. The highest BCUT2D eigenvalue weighted by Crippen LogP contribution is 2.32. The number of likely N-dealkylation sites (N-methyl/N-ethyl adjacent to an activating group) is 1. The summed E-state index contributed by atoms with van der Waals surface area (Å²) in [5.74, 6) is -0.831. The number of hydrogen-bond donors (Lipinski definition) is 2. The molecule has 0 spiro atoms. The van der Waals surface area contributed by atoms with Crippen LogP contribution >= 0.6 is 11.6 Å². The number of carbonyl (C=O) groups is 3. The molecule has 0 radical (unpaired) electrons. The zero-order chi connectivity index (χ0) is 15.6. The van der Waals surface area contributed by atoms with Gasteiger partial charge in [-0.25, -0.2) is 4.79 Å². The molecule has 0 aromatic heterocycles. The SMILES string of the molecule is CC[C@@]1(c2ccc(Cl)cc2)NC(=O)N(CC(=O)NC)C1=O. The number of halogens is 1. The average Bonchev–Trinajstić information content (AvgIpc) is 2.73. The van der Waals surface area contributed by atoms with Crippen molar-refractivity contribution in [3.8, 4) is 0 Å². The summed E-state index contributed by atoms with van der Waals surface area (Å²) in [6.45, 7) is 1.51. The van der Waals surface area contributed by atoms with Gasteiger partial charge in [0, 0.05) is 12.1 Å². The van der Waals surface area contributed by atoms with Gasteiger partial charge < -0.3 is 10.6 Å². The molecule has 0 aliphatic carbocycles. The standard InChI is InChI=1S/C14H16ClN3O3/c1-3-14(9-4-6-10(15)7-5-9)12(20)18(13(21)17-14)8-11(19)16-2/h4-7H,3,8H2,1-2H3,(H,16,19)(H,17,21)/t14-/m0/s1. The van der Waals surface area contributed by atoms with Crippen molar-refractivity contribution in [2.75, 3.05) is 13.6 Å². The second-order valence-corrected chi connectivity index (χ2v) is 5.20. The fraction of sp³-hybridized carbons (Fsp3) is 0.357. The van der Waals surface area contributed by atoms with Crippen LogP contribution in [0.1, 0.15) is 18.9 Å². The molecule has 112 valence electrons. The van der Waals surface area contributed by atoms with Gasteiger partial charge in [-0.15, -0.1) is 0 Å². The molecule has 1 saturated heterocycles. The van der Waals surface area contributed by atoms with Gasteiger partial charge in [-0.1, -0.05) is 30.7 Å². The number of urea groups is 1. The summed E-state index contributed by atoms with van der Waals surface area (Å²) in [5, 5.41) is 5.64. The summed E-state index contributed by atoms with van der Waals surface area (Å²) in [6, 6.07) is 6.16. The maximum absolute atomic E-state index is 12.6. The number of imide groups is 1. The van der Waals surface area contributed by atoms with E-state index in [1.165, 1.54) is 7.05 Å². The summed E-state index contributed by atoms with van der Waals surface area (Å²) >= 11 is 5.85. The predicted octanol–water partition coefficient (Wildman–Crippen LogP) is 1.24. The van der Waals surface area contributed by atoms with Gasteiger partial charge in [0.2, 0.25) is 5.91 Å². The van der Waals surface area contributed by atoms with Crippen LogP contribution < -0.4 is 10.6 Å². The molecule has 1 aliphatic heterocycles. The fourth-order valence-electron chi connectivity index (χ4n) is 2.37. The molecule has 1 heterocycles. The van der Waals surface area contributed by atoms with E-state index >= 15 is 0 Å². The number of hydrogen-bond acceptors (Lipinski definition) is 3. The lowest BCUT2D eigenvalue weighted by atomic mass is 9.87. The smallest absolute Gasteiger partial charge is 0.325 e. The van der Waals surface area contributed by atoms with Gasteiger partial charge in [0.15, 0.2) is 0 Å². The van der Waals surface area contributed by atoms with Crippen molar-refractivity contribution in [1.82, 2.24) is 15.5 Å². The van der Waals surface area contributed by atoms with E-state index in [2.05, 4.69) is 10.6 Å². The largest absolute Gasteiger partial charge is 0.358 e. The molecular weight excluding hydrogens is 294 g/mol. The zero-order valence-corrected chi connectivity index (χ0v) is 12.5. The van der Waals surface area contributed by atoms with E-state index in [-0.39, 0.29) is 6.54 Å². The molecule has 1 atom stereocenters. The van der Waals surface area contributed by atoms with Crippen LogP contribution in [-0.4, -0.2) is 36.3 Å². The number of nitrogens with zero attached hydrogens (tertiary/aromatic N) is 1. The molecule has 0 saturated carbocycles. The van der Waals surface area contributed by atoms with Gasteiger partial charge in [0.25, 0.3) is 5.91 Å². The van der Waals surface area contributed by atoms with Crippen molar-refractivity contribution in [3.05, 3.63) is 34.9 Å². The topological polar surface area (TPSA) is 78.5 Å². The molecule has 4 amide bonds. The summed E-state index contributed by atoms with van der Waals surface area (Å²) in [7, 11) is 1.45. The van der Waals surface area contributed by atoms with Gasteiger partial charge in [-0.2, -0.15) is 0 Å². The Hall–Kier alpha value is -2.08. The van der Waals surface area contributed by atoms with E-state index in [4.69, 9.17) is 11.6 Å².